The van der Waals surface area contributed by atoms with Gasteiger partial charge in [-0.25, -0.2) is 4.98 Å². The summed E-state index contributed by atoms with van der Waals surface area (Å²) in [5.74, 6) is 0.633. The van der Waals surface area contributed by atoms with E-state index in [1.807, 2.05) is 48.4 Å². The van der Waals surface area contributed by atoms with Crippen LogP contribution in [0.2, 0.25) is 0 Å². The van der Waals surface area contributed by atoms with E-state index in [9.17, 15) is 5.26 Å². The van der Waals surface area contributed by atoms with Crippen LogP contribution in [0.25, 0.3) is 44.2 Å². The topological polar surface area (TPSA) is 71.5 Å². The van der Waals surface area contributed by atoms with Crippen LogP contribution in [0.3, 0.4) is 0 Å². The minimum absolute atomic E-state index is 0.633. The average molecular weight is 433 g/mol. The lowest BCUT2D eigenvalue weighted by Crippen LogP contribution is -2.14. The summed E-state index contributed by atoms with van der Waals surface area (Å²) in [6.45, 7) is 3.12. The van der Waals surface area contributed by atoms with Gasteiger partial charge in [-0.3, -0.25) is 4.68 Å². The van der Waals surface area contributed by atoms with Crippen molar-refractivity contribution in [2.24, 2.45) is 13.0 Å². The second-order valence-corrected chi connectivity index (χ2v) is 8.88. The first-order chi connectivity index (χ1) is 16.2. The summed E-state index contributed by atoms with van der Waals surface area (Å²) in [6, 6.07) is 18.6. The zero-order valence-electron chi connectivity index (χ0n) is 18.5. The van der Waals surface area contributed by atoms with Crippen LogP contribution in [0.4, 0.5) is 0 Å². The van der Waals surface area contributed by atoms with Crippen LogP contribution < -0.4 is 5.32 Å². The summed E-state index contributed by atoms with van der Waals surface area (Å²) in [4.78, 5) is 4.93. The monoisotopic (exact) mass is 432 g/mol. The Morgan fingerprint density at radius 3 is 2.76 bits per heavy atom. The molecule has 3 aromatic heterocycles. The molecular formula is C27H24N6. The number of nitrogens with zero attached hydrogens (tertiary/aromatic N) is 5. The number of aryl methyl sites for hydroxylation is 1. The third kappa shape index (κ3) is 3.47. The van der Waals surface area contributed by atoms with E-state index in [1.165, 1.54) is 6.42 Å². The summed E-state index contributed by atoms with van der Waals surface area (Å²) >= 11 is 0. The molecule has 33 heavy (non-hydrogen) atoms. The highest BCUT2D eigenvalue weighted by atomic mass is 15.2. The molecule has 1 N–H and O–H groups in total. The predicted octanol–water partition coefficient (Wildman–Crippen LogP) is 4.74. The average Bonchev–Trinajstić information content (AvgIpc) is 3.58. The molecule has 0 aliphatic carbocycles. The molecule has 1 saturated heterocycles. The highest BCUT2D eigenvalue weighted by molar-refractivity contribution is 6.02. The largest absolute Gasteiger partial charge is 0.332 e. The molecule has 1 fully saturated rings. The molecule has 6 nitrogen and oxygen atoms in total. The highest BCUT2D eigenvalue weighted by Crippen LogP contribution is 2.38. The van der Waals surface area contributed by atoms with E-state index in [2.05, 4.69) is 51.5 Å². The van der Waals surface area contributed by atoms with Crippen LogP contribution >= 0.6 is 0 Å². The number of pyridine rings is 1. The van der Waals surface area contributed by atoms with Gasteiger partial charge in [-0.15, -0.1) is 0 Å². The van der Waals surface area contributed by atoms with E-state index in [1.54, 1.807) is 0 Å². The molecule has 2 aromatic carbocycles. The third-order valence-corrected chi connectivity index (χ3v) is 6.64. The van der Waals surface area contributed by atoms with Crippen LogP contribution in [-0.4, -0.2) is 32.4 Å². The van der Waals surface area contributed by atoms with Crippen molar-refractivity contribution in [1.29, 1.82) is 5.26 Å². The Balaban J connectivity index is 1.54. The fraction of sp³-hybridized carbons (Fsp3) is 0.222. The maximum Gasteiger partial charge on any atom is 0.140 e. The fourth-order valence-electron chi connectivity index (χ4n) is 4.99. The van der Waals surface area contributed by atoms with Crippen molar-refractivity contribution in [2.75, 3.05) is 13.1 Å². The van der Waals surface area contributed by atoms with Crippen molar-refractivity contribution in [3.05, 3.63) is 72.7 Å². The Morgan fingerprint density at radius 1 is 1.12 bits per heavy atom. The number of nitrogens with one attached hydrogen (secondary N) is 1. The van der Waals surface area contributed by atoms with Gasteiger partial charge in [0.15, 0.2) is 0 Å². The molecule has 0 bridgehead atoms. The van der Waals surface area contributed by atoms with Gasteiger partial charge >= 0.3 is 0 Å². The minimum atomic E-state index is 0.633. The molecule has 6 heteroatoms. The summed E-state index contributed by atoms with van der Waals surface area (Å²) in [6.07, 6.45) is 7.40. The van der Waals surface area contributed by atoms with Crippen molar-refractivity contribution in [3.63, 3.8) is 0 Å². The standard InChI is InChI=1S/C27H24N6/c1-32-17-22-12-21(6-7-25(22)31-32)24-15-30-27-23(9-11-33(27)16-19-8-10-29-14-19)26(24)20-4-2-18(13-28)3-5-20/h2-7,9,11-12,15,17,19,29H,8,10,14,16H2,1H3/t19-/m1/s1. The Morgan fingerprint density at radius 2 is 1.97 bits per heavy atom. The number of hydrogen-bond acceptors (Lipinski definition) is 4. The number of fused-ring (bicyclic) bond motifs is 2. The van der Waals surface area contributed by atoms with Crippen molar-refractivity contribution < 1.29 is 0 Å². The molecule has 6 rings (SSSR count). The Hall–Kier alpha value is -3.95. The van der Waals surface area contributed by atoms with E-state index >= 15 is 0 Å². The van der Waals surface area contributed by atoms with Gasteiger partial charge < -0.3 is 9.88 Å². The lowest BCUT2D eigenvalue weighted by Gasteiger charge is -2.14. The first-order valence-corrected chi connectivity index (χ1v) is 11.3. The quantitative estimate of drug-likeness (QED) is 0.445. The van der Waals surface area contributed by atoms with E-state index < -0.39 is 0 Å². The first kappa shape index (κ1) is 19.7. The maximum atomic E-state index is 9.27. The third-order valence-electron chi connectivity index (χ3n) is 6.64. The normalized spacial score (nSPS) is 15.9. The van der Waals surface area contributed by atoms with Crippen LogP contribution in [0, 0.1) is 17.2 Å². The summed E-state index contributed by atoms with van der Waals surface area (Å²) in [5, 5.41) is 19.5. The molecule has 4 heterocycles. The summed E-state index contributed by atoms with van der Waals surface area (Å²) in [7, 11) is 1.94. The molecule has 0 amide bonds. The van der Waals surface area contributed by atoms with Crippen LogP contribution in [0.1, 0.15) is 12.0 Å². The second kappa shape index (κ2) is 7.88. The Kier molecular flexibility index (Phi) is 4.70. The van der Waals surface area contributed by atoms with E-state index in [-0.39, 0.29) is 0 Å². The van der Waals surface area contributed by atoms with Gasteiger partial charge in [0, 0.05) is 54.1 Å². The minimum Gasteiger partial charge on any atom is -0.332 e. The van der Waals surface area contributed by atoms with E-state index in [4.69, 9.17) is 4.98 Å². The Labute approximate surface area is 192 Å². The molecule has 0 saturated carbocycles. The number of rotatable bonds is 4. The molecule has 0 unspecified atom stereocenters. The zero-order chi connectivity index (χ0) is 22.4. The fourth-order valence-corrected chi connectivity index (χ4v) is 4.99. The second-order valence-electron chi connectivity index (χ2n) is 8.88. The Bertz CT molecular complexity index is 1510. The van der Waals surface area contributed by atoms with Gasteiger partial charge in [0.25, 0.3) is 0 Å². The molecule has 1 atom stereocenters. The van der Waals surface area contributed by atoms with E-state index in [0.29, 0.717) is 11.5 Å². The van der Waals surface area contributed by atoms with Crippen LogP contribution in [0.5, 0.6) is 0 Å². The number of aromatic nitrogens is 4. The van der Waals surface area contributed by atoms with Gasteiger partial charge in [-0.05, 0) is 66.9 Å². The molecular weight excluding hydrogens is 408 g/mol. The summed E-state index contributed by atoms with van der Waals surface area (Å²) < 4.78 is 4.13. The zero-order valence-corrected chi connectivity index (χ0v) is 18.5. The SMILES string of the molecule is Cn1cc2cc(-c3cnc4c(ccn4C[C@@H]4CCNC4)c3-c3ccc(C#N)cc3)ccc2n1. The smallest absolute Gasteiger partial charge is 0.140 e. The van der Waals surface area contributed by atoms with E-state index in [0.717, 1.165) is 63.8 Å². The van der Waals surface area contributed by atoms with Crippen molar-refractivity contribution in [1.82, 2.24) is 24.6 Å². The lowest BCUT2D eigenvalue weighted by molar-refractivity contribution is 0.489. The maximum absolute atomic E-state index is 9.27. The van der Waals surface area contributed by atoms with Crippen molar-refractivity contribution >= 4 is 21.9 Å². The predicted molar refractivity (Wildman–Crippen MR) is 131 cm³/mol. The molecule has 1 aliphatic heterocycles. The molecule has 162 valence electrons. The number of nitriles is 1. The van der Waals surface area contributed by atoms with Gasteiger partial charge in [0.2, 0.25) is 0 Å². The molecule has 0 spiro atoms. The van der Waals surface area contributed by atoms with Crippen LogP contribution in [-0.2, 0) is 13.6 Å². The molecule has 0 radical (unpaired) electrons. The number of hydrogen-bond donors (Lipinski definition) is 1. The number of benzene rings is 2. The molecule has 5 aromatic rings. The van der Waals surface area contributed by atoms with Crippen LogP contribution in [0.15, 0.2) is 67.1 Å². The van der Waals surface area contributed by atoms with Gasteiger partial charge in [0.05, 0.1) is 17.1 Å². The van der Waals surface area contributed by atoms with Gasteiger partial charge in [-0.1, -0.05) is 18.2 Å². The van der Waals surface area contributed by atoms with Crippen molar-refractivity contribution in [2.45, 2.75) is 13.0 Å². The lowest BCUT2D eigenvalue weighted by atomic mass is 9.93. The highest BCUT2D eigenvalue weighted by Gasteiger charge is 2.19. The first-order valence-electron chi connectivity index (χ1n) is 11.3. The molecule has 1 aliphatic rings. The van der Waals surface area contributed by atoms with Gasteiger partial charge in [-0.2, -0.15) is 10.4 Å². The summed E-state index contributed by atoms with van der Waals surface area (Å²) in [5.41, 5.74) is 7.07. The van der Waals surface area contributed by atoms with Crippen molar-refractivity contribution in [3.8, 4) is 28.3 Å². The van der Waals surface area contributed by atoms with Gasteiger partial charge in [0.1, 0.15) is 5.65 Å².